The van der Waals surface area contributed by atoms with Crippen LogP contribution < -0.4 is 20.5 Å². The van der Waals surface area contributed by atoms with Crippen LogP contribution >= 0.6 is 0 Å². The topological polar surface area (TPSA) is 99.6 Å². The number of ether oxygens (including phenoxy) is 2. The second-order valence-corrected chi connectivity index (χ2v) is 6.25. The molecule has 138 valence electrons. The minimum atomic E-state index is -0.359. The molecule has 4 rings (SSSR count). The highest BCUT2D eigenvalue weighted by Crippen LogP contribution is 2.35. The van der Waals surface area contributed by atoms with E-state index in [4.69, 9.17) is 19.6 Å². The number of fused-ring (bicyclic) bond motifs is 1. The van der Waals surface area contributed by atoms with E-state index >= 15 is 0 Å². The Bertz CT molecular complexity index is 997. The lowest BCUT2D eigenvalue weighted by molar-refractivity contribution is 0.102. The van der Waals surface area contributed by atoms with Crippen molar-refractivity contribution in [2.24, 2.45) is 5.73 Å². The van der Waals surface area contributed by atoms with E-state index in [9.17, 15) is 4.79 Å². The first-order chi connectivity index (χ1) is 13.1. The number of carbonyl (C=O) groups is 1. The van der Waals surface area contributed by atoms with Crippen molar-refractivity contribution in [2.75, 3.05) is 18.5 Å². The van der Waals surface area contributed by atoms with Gasteiger partial charge in [-0.25, -0.2) is 4.98 Å². The van der Waals surface area contributed by atoms with E-state index in [1.807, 2.05) is 31.2 Å². The van der Waals surface area contributed by atoms with Crippen LogP contribution in [0.25, 0.3) is 11.3 Å². The molecule has 1 aromatic heterocycles. The largest absolute Gasteiger partial charge is 0.486 e. The number of benzene rings is 2. The zero-order valence-electron chi connectivity index (χ0n) is 14.8. The van der Waals surface area contributed by atoms with Crippen molar-refractivity contribution < 1.29 is 18.7 Å². The molecule has 2 heterocycles. The highest BCUT2D eigenvalue weighted by molar-refractivity contribution is 6.06. The maximum Gasteiger partial charge on any atom is 0.278 e. The molecule has 3 N–H and O–H groups in total. The van der Waals surface area contributed by atoms with Gasteiger partial charge >= 0.3 is 0 Å². The molecule has 1 aliphatic heterocycles. The van der Waals surface area contributed by atoms with Gasteiger partial charge in [0.2, 0.25) is 0 Å². The third-order valence-electron chi connectivity index (χ3n) is 4.22. The predicted molar refractivity (Wildman–Crippen MR) is 100.0 cm³/mol. The number of hydrogen-bond donors (Lipinski definition) is 2. The Morgan fingerprint density at radius 3 is 2.78 bits per heavy atom. The van der Waals surface area contributed by atoms with Gasteiger partial charge in [0.1, 0.15) is 13.2 Å². The lowest BCUT2D eigenvalue weighted by atomic mass is 10.1. The van der Waals surface area contributed by atoms with E-state index in [0.29, 0.717) is 48.3 Å². The fourth-order valence-corrected chi connectivity index (χ4v) is 3.04. The van der Waals surface area contributed by atoms with Crippen molar-refractivity contribution in [1.29, 1.82) is 0 Å². The first kappa shape index (κ1) is 17.1. The predicted octanol–water partition coefficient (Wildman–Crippen LogP) is 3.13. The third-order valence-corrected chi connectivity index (χ3v) is 4.22. The van der Waals surface area contributed by atoms with Gasteiger partial charge in [-0.2, -0.15) is 0 Å². The monoisotopic (exact) mass is 365 g/mol. The summed E-state index contributed by atoms with van der Waals surface area (Å²) in [5, 5.41) is 2.86. The minimum absolute atomic E-state index is 0.197. The van der Waals surface area contributed by atoms with Crippen LogP contribution in [0.5, 0.6) is 11.5 Å². The number of oxazole rings is 1. The number of nitrogens with zero attached hydrogens (tertiary/aromatic N) is 1. The van der Waals surface area contributed by atoms with Crippen LogP contribution in [-0.2, 0) is 6.54 Å². The second-order valence-electron chi connectivity index (χ2n) is 6.25. The molecule has 0 aliphatic carbocycles. The number of rotatable bonds is 4. The molecule has 7 heteroatoms. The fourth-order valence-electron chi connectivity index (χ4n) is 3.04. The Kier molecular flexibility index (Phi) is 4.52. The molecule has 0 radical (unpaired) electrons. The zero-order chi connectivity index (χ0) is 18.8. The molecule has 7 nitrogen and oxygen atoms in total. The number of anilines is 1. The highest BCUT2D eigenvalue weighted by atomic mass is 16.6. The van der Waals surface area contributed by atoms with Crippen LogP contribution in [0.3, 0.4) is 0 Å². The Morgan fingerprint density at radius 1 is 1.15 bits per heavy atom. The molecule has 0 saturated carbocycles. The van der Waals surface area contributed by atoms with Gasteiger partial charge in [0.15, 0.2) is 29.3 Å². The van der Waals surface area contributed by atoms with E-state index in [1.54, 1.807) is 12.1 Å². The molecule has 0 unspecified atom stereocenters. The molecule has 2 aromatic carbocycles. The van der Waals surface area contributed by atoms with E-state index in [-0.39, 0.29) is 11.6 Å². The standard InChI is InChI=1S/C20H19N3O4/c1-12-6-13(10-21)8-15(7-12)23-20(24)18-19(27-11-22-18)14-2-3-16-17(9-14)26-5-4-25-16/h2-3,6-9,11H,4-5,10,21H2,1H3,(H,23,24). The minimum Gasteiger partial charge on any atom is -0.486 e. The van der Waals surface area contributed by atoms with Gasteiger partial charge in [-0.3, -0.25) is 4.79 Å². The summed E-state index contributed by atoms with van der Waals surface area (Å²) in [4.78, 5) is 16.8. The summed E-state index contributed by atoms with van der Waals surface area (Å²) < 4.78 is 16.6. The average Bonchev–Trinajstić information content (AvgIpc) is 3.17. The number of nitrogens with one attached hydrogen (secondary N) is 1. The maximum atomic E-state index is 12.7. The summed E-state index contributed by atoms with van der Waals surface area (Å²) in [6.45, 7) is 3.35. The van der Waals surface area contributed by atoms with Gasteiger partial charge in [-0.05, 0) is 48.4 Å². The first-order valence-electron chi connectivity index (χ1n) is 8.59. The summed E-state index contributed by atoms with van der Waals surface area (Å²) in [5.74, 6) is 1.30. The average molecular weight is 365 g/mol. The lowest BCUT2D eigenvalue weighted by Crippen LogP contribution is -2.15. The van der Waals surface area contributed by atoms with E-state index in [0.717, 1.165) is 11.1 Å². The summed E-state index contributed by atoms with van der Waals surface area (Å²) in [5.41, 5.74) is 9.21. The zero-order valence-corrected chi connectivity index (χ0v) is 14.8. The van der Waals surface area contributed by atoms with Gasteiger partial charge in [0, 0.05) is 17.8 Å². The summed E-state index contributed by atoms with van der Waals surface area (Å²) in [6.07, 6.45) is 1.25. The maximum absolute atomic E-state index is 12.7. The molecular formula is C20H19N3O4. The second kappa shape index (κ2) is 7.13. The summed E-state index contributed by atoms with van der Waals surface area (Å²) >= 11 is 0. The summed E-state index contributed by atoms with van der Waals surface area (Å²) in [6, 6.07) is 11.1. The van der Waals surface area contributed by atoms with Gasteiger partial charge in [0.25, 0.3) is 5.91 Å². The molecule has 0 atom stereocenters. The molecule has 27 heavy (non-hydrogen) atoms. The molecular weight excluding hydrogens is 346 g/mol. The number of hydrogen-bond acceptors (Lipinski definition) is 6. The van der Waals surface area contributed by atoms with Crippen LogP contribution in [0.1, 0.15) is 21.6 Å². The van der Waals surface area contributed by atoms with Crippen molar-refractivity contribution in [3.8, 4) is 22.8 Å². The number of amides is 1. The van der Waals surface area contributed by atoms with Crippen LogP contribution in [0.2, 0.25) is 0 Å². The molecule has 0 spiro atoms. The van der Waals surface area contributed by atoms with Gasteiger partial charge in [-0.15, -0.1) is 0 Å². The van der Waals surface area contributed by atoms with E-state index in [2.05, 4.69) is 10.3 Å². The molecule has 0 fully saturated rings. The SMILES string of the molecule is Cc1cc(CN)cc(NC(=O)c2ncoc2-c2ccc3c(c2)OCCO3)c1. The third kappa shape index (κ3) is 3.50. The van der Waals surface area contributed by atoms with Crippen LogP contribution in [0.15, 0.2) is 47.2 Å². The Morgan fingerprint density at radius 2 is 1.96 bits per heavy atom. The van der Waals surface area contributed by atoms with Crippen LogP contribution in [-0.4, -0.2) is 24.1 Å². The number of aromatic nitrogens is 1. The van der Waals surface area contributed by atoms with Crippen molar-refractivity contribution in [3.05, 3.63) is 59.6 Å². The van der Waals surface area contributed by atoms with Crippen molar-refractivity contribution in [1.82, 2.24) is 4.98 Å². The van der Waals surface area contributed by atoms with Crippen molar-refractivity contribution >= 4 is 11.6 Å². The molecule has 0 bridgehead atoms. The molecule has 1 aliphatic rings. The number of aryl methyl sites for hydroxylation is 1. The van der Waals surface area contributed by atoms with Crippen LogP contribution in [0, 0.1) is 6.92 Å². The quantitative estimate of drug-likeness (QED) is 0.737. The Labute approximate surface area is 156 Å². The lowest BCUT2D eigenvalue weighted by Gasteiger charge is -2.18. The van der Waals surface area contributed by atoms with E-state index < -0.39 is 0 Å². The number of nitrogens with two attached hydrogens (primary N) is 1. The Balaban J connectivity index is 1.62. The van der Waals surface area contributed by atoms with Gasteiger partial charge in [-0.1, -0.05) is 6.07 Å². The van der Waals surface area contributed by atoms with Crippen molar-refractivity contribution in [2.45, 2.75) is 13.5 Å². The first-order valence-corrected chi connectivity index (χ1v) is 8.59. The highest BCUT2D eigenvalue weighted by Gasteiger charge is 2.21. The summed E-state index contributed by atoms with van der Waals surface area (Å²) in [7, 11) is 0. The van der Waals surface area contributed by atoms with Gasteiger partial charge in [0.05, 0.1) is 0 Å². The fraction of sp³-hybridized carbons (Fsp3) is 0.200. The van der Waals surface area contributed by atoms with E-state index in [1.165, 1.54) is 6.39 Å². The molecule has 0 saturated heterocycles. The van der Waals surface area contributed by atoms with Crippen molar-refractivity contribution in [3.63, 3.8) is 0 Å². The normalized spacial score (nSPS) is 12.7. The molecule has 3 aromatic rings. The van der Waals surface area contributed by atoms with Crippen LogP contribution in [0.4, 0.5) is 5.69 Å². The van der Waals surface area contributed by atoms with Gasteiger partial charge < -0.3 is 24.9 Å². The molecule has 1 amide bonds. The Hall–Kier alpha value is -3.32. The number of carbonyl (C=O) groups excluding carboxylic acids is 1. The smallest absolute Gasteiger partial charge is 0.278 e.